The van der Waals surface area contributed by atoms with Crippen LogP contribution in [0, 0.1) is 0 Å². The Morgan fingerprint density at radius 3 is 3.05 bits per heavy atom. The second-order valence-electron chi connectivity index (χ2n) is 5.43. The molecule has 0 amide bonds. The van der Waals surface area contributed by atoms with Crippen molar-refractivity contribution in [1.29, 1.82) is 0 Å². The van der Waals surface area contributed by atoms with E-state index in [1.54, 1.807) is 18.7 Å². The van der Waals surface area contributed by atoms with Gasteiger partial charge in [0, 0.05) is 23.3 Å². The lowest BCUT2D eigenvalue weighted by Gasteiger charge is -2.31. The van der Waals surface area contributed by atoms with Crippen LogP contribution < -0.4 is 0 Å². The summed E-state index contributed by atoms with van der Waals surface area (Å²) in [5.74, 6) is -0.451. The van der Waals surface area contributed by atoms with Crippen LogP contribution >= 0.6 is 35.1 Å². The summed E-state index contributed by atoms with van der Waals surface area (Å²) in [5.41, 5.74) is 1.06. The molecule has 0 bridgehead atoms. The summed E-state index contributed by atoms with van der Waals surface area (Å²) in [6.45, 7) is 3.71. The van der Waals surface area contributed by atoms with Gasteiger partial charge in [-0.3, -0.25) is 4.79 Å². The molecule has 3 rings (SSSR count). The van der Waals surface area contributed by atoms with Crippen LogP contribution in [0.2, 0.25) is 5.15 Å². The Morgan fingerprint density at radius 1 is 1.57 bits per heavy atom. The second kappa shape index (κ2) is 5.95. The molecule has 114 valence electrons. The maximum atomic E-state index is 10.9. The number of nitrogens with zero attached hydrogens (tertiary/aromatic N) is 3. The van der Waals surface area contributed by atoms with Gasteiger partial charge in [0.1, 0.15) is 15.4 Å². The largest absolute Gasteiger partial charge is 0.480 e. The fourth-order valence-electron chi connectivity index (χ4n) is 2.73. The Balaban J connectivity index is 1.87. The first-order valence-electron chi connectivity index (χ1n) is 6.77. The number of carboxylic acids is 1. The zero-order valence-electron chi connectivity index (χ0n) is 11.7. The van der Waals surface area contributed by atoms with Crippen molar-refractivity contribution in [1.82, 2.24) is 14.9 Å². The third-order valence-electron chi connectivity index (χ3n) is 3.87. The average molecular weight is 346 g/mol. The van der Waals surface area contributed by atoms with Gasteiger partial charge in [-0.25, -0.2) is 9.97 Å². The maximum absolute atomic E-state index is 10.9. The molecule has 1 aromatic rings. The summed E-state index contributed by atoms with van der Waals surface area (Å²) in [7, 11) is 2.13. The molecule has 2 aliphatic heterocycles. The van der Waals surface area contributed by atoms with Crippen LogP contribution in [0.1, 0.15) is 24.8 Å². The number of halogens is 1. The van der Waals surface area contributed by atoms with Crippen molar-refractivity contribution in [2.24, 2.45) is 0 Å². The molecular formula is C13H16ClN3O2S2. The summed E-state index contributed by atoms with van der Waals surface area (Å²) >= 11 is 9.24. The van der Waals surface area contributed by atoms with Crippen LogP contribution in [0.15, 0.2) is 10.2 Å². The lowest BCUT2D eigenvalue weighted by molar-refractivity contribution is -0.136. The third-order valence-corrected chi connectivity index (χ3v) is 6.42. The Kier molecular flexibility index (Phi) is 4.36. The summed E-state index contributed by atoms with van der Waals surface area (Å²) in [4.78, 5) is 22.1. The Labute approximate surface area is 136 Å². The minimum Gasteiger partial charge on any atom is -0.480 e. The molecule has 5 nitrogen and oxygen atoms in total. The number of aliphatic carboxylic acids is 1. The fraction of sp³-hybridized carbons (Fsp3) is 0.615. The van der Waals surface area contributed by atoms with Crippen molar-refractivity contribution in [3.8, 4) is 0 Å². The average Bonchev–Trinajstić information content (AvgIpc) is 2.75. The van der Waals surface area contributed by atoms with Crippen LogP contribution in [0.5, 0.6) is 0 Å². The molecule has 0 aliphatic carbocycles. The smallest absolute Gasteiger partial charge is 0.316 e. The van der Waals surface area contributed by atoms with Crippen LogP contribution in [-0.4, -0.2) is 56.6 Å². The van der Waals surface area contributed by atoms with Crippen molar-refractivity contribution in [2.75, 3.05) is 20.1 Å². The molecule has 3 atom stereocenters. The van der Waals surface area contributed by atoms with Crippen molar-refractivity contribution >= 4 is 41.1 Å². The van der Waals surface area contributed by atoms with Gasteiger partial charge in [-0.05, 0) is 26.9 Å². The van der Waals surface area contributed by atoms with E-state index in [1.807, 2.05) is 0 Å². The number of likely N-dealkylation sites (tertiary alicyclic amines) is 1. The summed E-state index contributed by atoms with van der Waals surface area (Å²) in [6.07, 6.45) is 1.07. The predicted octanol–water partition coefficient (Wildman–Crippen LogP) is 2.59. The Hall–Kier alpha value is -0.500. The molecule has 1 saturated heterocycles. The first-order valence-corrected chi connectivity index (χ1v) is 8.91. The number of piperidine rings is 1. The van der Waals surface area contributed by atoms with Crippen molar-refractivity contribution in [3.63, 3.8) is 0 Å². The first kappa shape index (κ1) is 15.4. The van der Waals surface area contributed by atoms with Crippen LogP contribution in [0.3, 0.4) is 0 Å². The minimum absolute atomic E-state index is 0.421. The SMILES string of the molecule is CC(Sc1nc(Cl)c2c(n1)SC1CN(C)CCC21)C(=O)O. The van der Waals surface area contributed by atoms with Gasteiger partial charge in [-0.2, -0.15) is 0 Å². The van der Waals surface area contributed by atoms with Crippen molar-refractivity contribution in [3.05, 3.63) is 10.7 Å². The lowest BCUT2D eigenvalue weighted by atomic mass is 9.91. The molecule has 0 spiro atoms. The molecule has 1 fully saturated rings. The van der Waals surface area contributed by atoms with Gasteiger partial charge in [0.25, 0.3) is 0 Å². The van der Waals surface area contributed by atoms with Gasteiger partial charge in [0.05, 0.1) is 0 Å². The number of rotatable bonds is 3. The summed E-state index contributed by atoms with van der Waals surface area (Å²) in [6, 6.07) is 0. The quantitative estimate of drug-likeness (QED) is 0.513. The predicted molar refractivity (Wildman–Crippen MR) is 84.5 cm³/mol. The van der Waals surface area contributed by atoms with E-state index in [-0.39, 0.29) is 0 Å². The number of fused-ring (bicyclic) bond motifs is 3. The molecule has 1 N–H and O–H groups in total. The van der Waals surface area contributed by atoms with E-state index in [4.69, 9.17) is 16.7 Å². The number of aromatic nitrogens is 2. The molecule has 8 heteroatoms. The highest BCUT2D eigenvalue weighted by atomic mass is 35.5. The van der Waals surface area contributed by atoms with E-state index < -0.39 is 11.2 Å². The van der Waals surface area contributed by atoms with Gasteiger partial charge in [0.15, 0.2) is 5.16 Å². The van der Waals surface area contributed by atoms with Gasteiger partial charge in [-0.15, -0.1) is 11.8 Å². The minimum atomic E-state index is -0.872. The number of hydrogen-bond acceptors (Lipinski definition) is 6. The van der Waals surface area contributed by atoms with Crippen LogP contribution in [0.4, 0.5) is 0 Å². The Morgan fingerprint density at radius 2 is 2.33 bits per heavy atom. The third kappa shape index (κ3) is 3.02. The molecular weight excluding hydrogens is 330 g/mol. The molecule has 1 aromatic heterocycles. The number of carboxylic acid groups (broad SMARTS) is 1. The van der Waals surface area contributed by atoms with Crippen LogP contribution in [-0.2, 0) is 4.79 Å². The lowest BCUT2D eigenvalue weighted by Crippen LogP contribution is -2.36. The molecule has 0 radical (unpaired) electrons. The van der Waals surface area contributed by atoms with Crippen molar-refractivity contribution < 1.29 is 9.90 Å². The molecule has 0 saturated carbocycles. The molecule has 3 unspecified atom stereocenters. The van der Waals surface area contributed by atoms with Crippen molar-refractivity contribution in [2.45, 2.75) is 39.9 Å². The van der Waals surface area contributed by atoms with Gasteiger partial charge in [-0.1, -0.05) is 23.4 Å². The topological polar surface area (TPSA) is 66.3 Å². The highest BCUT2D eigenvalue weighted by Gasteiger charge is 2.40. The van der Waals surface area contributed by atoms with Gasteiger partial charge < -0.3 is 10.0 Å². The first-order chi connectivity index (χ1) is 9.95. The summed E-state index contributed by atoms with van der Waals surface area (Å²) < 4.78 is 0. The standard InChI is InChI=1S/C13H16ClN3O2S2/c1-6(12(18)19)20-13-15-10(14)9-7-3-4-17(2)5-8(7)21-11(9)16-13/h6-8H,3-5H2,1-2H3,(H,18,19). The Bertz CT molecular complexity index is 587. The normalized spacial score (nSPS) is 26.2. The van der Waals surface area contributed by atoms with Gasteiger partial charge in [0.2, 0.25) is 0 Å². The second-order valence-corrected chi connectivity index (χ2v) is 8.32. The highest BCUT2D eigenvalue weighted by molar-refractivity contribution is 8.01. The molecule has 3 heterocycles. The van der Waals surface area contributed by atoms with E-state index in [0.717, 1.165) is 41.9 Å². The molecule has 2 aliphatic rings. The van der Waals surface area contributed by atoms with E-state index in [9.17, 15) is 4.79 Å². The highest BCUT2D eigenvalue weighted by Crippen LogP contribution is 2.50. The molecule has 0 aromatic carbocycles. The zero-order valence-corrected chi connectivity index (χ0v) is 14.1. The zero-order chi connectivity index (χ0) is 15.1. The van der Waals surface area contributed by atoms with E-state index in [0.29, 0.717) is 21.5 Å². The number of thioether (sulfide) groups is 2. The summed E-state index contributed by atoms with van der Waals surface area (Å²) in [5, 5.41) is 10.7. The monoisotopic (exact) mass is 345 g/mol. The number of hydrogen-bond donors (Lipinski definition) is 1. The van der Waals surface area contributed by atoms with E-state index >= 15 is 0 Å². The van der Waals surface area contributed by atoms with E-state index in [2.05, 4.69) is 21.9 Å². The number of carbonyl (C=O) groups is 1. The maximum Gasteiger partial charge on any atom is 0.316 e. The van der Waals surface area contributed by atoms with Gasteiger partial charge >= 0.3 is 5.97 Å². The van der Waals surface area contributed by atoms with Crippen LogP contribution in [0.25, 0.3) is 0 Å². The fourth-order valence-corrected chi connectivity index (χ4v) is 5.48. The molecule has 21 heavy (non-hydrogen) atoms. The van der Waals surface area contributed by atoms with E-state index in [1.165, 1.54) is 0 Å².